The van der Waals surface area contributed by atoms with Gasteiger partial charge in [-0.2, -0.15) is 6.07 Å². The van der Waals surface area contributed by atoms with Gasteiger partial charge in [-0.05, 0) is 85.6 Å². The number of fused-ring (bicyclic) bond motifs is 4. The molecular formula is C53H49N5OPt-2. The number of ether oxygens (including phenoxy) is 1. The third kappa shape index (κ3) is 7.47. The van der Waals surface area contributed by atoms with Crippen molar-refractivity contribution in [2.45, 2.75) is 78.6 Å². The zero-order chi connectivity index (χ0) is 45.6. The second kappa shape index (κ2) is 15.3. The largest absolute Gasteiger partial charge is 0.508 e. The van der Waals surface area contributed by atoms with E-state index in [2.05, 4.69) is 127 Å². The number of para-hydroxylation sites is 3. The first-order valence-electron chi connectivity index (χ1n) is 22.4. The van der Waals surface area contributed by atoms with Gasteiger partial charge in [-0.25, -0.2) is 4.98 Å². The van der Waals surface area contributed by atoms with Crippen molar-refractivity contribution in [3.8, 4) is 39.8 Å². The van der Waals surface area contributed by atoms with E-state index in [1.54, 1.807) is 12.4 Å². The Kier molecular flexibility index (Phi) is 8.93. The van der Waals surface area contributed by atoms with Gasteiger partial charge in [0.05, 0.1) is 23.6 Å². The summed E-state index contributed by atoms with van der Waals surface area (Å²) in [6.07, 6.45) is 8.74. The zero-order valence-corrected chi connectivity index (χ0v) is 37.5. The average Bonchev–Trinajstić information content (AvgIpc) is 3.80. The first kappa shape index (κ1) is 35.0. The Hall–Kier alpha value is -5.84. The van der Waals surface area contributed by atoms with Gasteiger partial charge in [-0.3, -0.25) is 4.57 Å². The summed E-state index contributed by atoms with van der Waals surface area (Å²) in [5.41, 5.74) is 7.46. The molecule has 0 saturated heterocycles. The second-order valence-electron chi connectivity index (χ2n) is 18.2. The predicted molar refractivity (Wildman–Crippen MR) is 239 cm³/mol. The predicted octanol–water partition coefficient (Wildman–Crippen LogP) is 12.5. The maximum absolute atomic E-state index is 9.16. The summed E-state index contributed by atoms with van der Waals surface area (Å²) in [5.74, 6) is 1.64. The Morgan fingerprint density at radius 2 is 1.40 bits per heavy atom. The minimum absolute atomic E-state index is 0. The molecule has 6 nitrogen and oxygen atoms in total. The monoisotopic (exact) mass is 971 g/mol. The molecule has 0 aliphatic heterocycles. The van der Waals surface area contributed by atoms with Gasteiger partial charge < -0.3 is 18.9 Å². The van der Waals surface area contributed by atoms with Crippen LogP contribution in [0.5, 0.6) is 11.5 Å². The van der Waals surface area contributed by atoms with Crippen LogP contribution in [0.4, 0.5) is 0 Å². The van der Waals surface area contributed by atoms with Gasteiger partial charge in [0.25, 0.3) is 6.33 Å². The van der Waals surface area contributed by atoms with Crippen molar-refractivity contribution < 1.29 is 37.2 Å². The topological polar surface area (TPSA) is 48.8 Å². The maximum Gasteiger partial charge on any atom is 0.268 e. The number of nitrogens with zero attached hydrogens (tertiary/aromatic N) is 5. The molecule has 0 aliphatic rings. The Morgan fingerprint density at radius 1 is 0.683 bits per heavy atom. The Bertz CT molecular complexity index is 3310. The van der Waals surface area contributed by atoms with Crippen LogP contribution < -0.4 is 9.30 Å². The summed E-state index contributed by atoms with van der Waals surface area (Å²) in [4.78, 5) is 9.42. The van der Waals surface area contributed by atoms with Gasteiger partial charge in [0, 0.05) is 44.3 Å². The van der Waals surface area contributed by atoms with Gasteiger partial charge in [-0.1, -0.05) is 153 Å². The molecule has 5 aromatic carbocycles. The number of benzene rings is 5. The number of aromatic nitrogens is 5. The van der Waals surface area contributed by atoms with Crippen molar-refractivity contribution in [3.05, 3.63) is 169 Å². The van der Waals surface area contributed by atoms with E-state index in [0.717, 1.165) is 49.8 Å². The number of pyridine rings is 2. The van der Waals surface area contributed by atoms with Crippen LogP contribution >= 0.6 is 0 Å². The summed E-state index contributed by atoms with van der Waals surface area (Å²) in [7, 11) is 0. The molecule has 304 valence electrons. The first-order chi connectivity index (χ1) is 30.2. The molecule has 0 atom stereocenters. The Morgan fingerprint density at radius 3 is 2.13 bits per heavy atom. The fourth-order valence-electron chi connectivity index (χ4n) is 7.71. The van der Waals surface area contributed by atoms with Crippen LogP contribution in [0.15, 0.2) is 134 Å². The molecular weight excluding hydrogens is 918 g/mol. The smallest absolute Gasteiger partial charge is 0.268 e. The fourth-order valence-corrected chi connectivity index (χ4v) is 7.71. The summed E-state index contributed by atoms with van der Waals surface area (Å²) in [6.45, 7) is 19.2. The summed E-state index contributed by atoms with van der Waals surface area (Å²) >= 11 is 0. The molecule has 9 aromatic rings. The van der Waals surface area contributed by atoms with E-state index in [1.165, 1.54) is 5.56 Å². The van der Waals surface area contributed by atoms with Crippen molar-refractivity contribution in [1.29, 1.82) is 0 Å². The maximum atomic E-state index is 9.16. The standard InChI is InChI=1S/C53H49N5O.Pt/c1-51(2,3)36-25-26-55-49(29-36)58-44-20-14-13-19-41(44)42-24-23-39(31-47(42)58)59-40-30-38(32-54-33-40)56-34-57(46-22-16-15-21-45(46)56)48-28-37(52(4,5)6)27-43(53(7,8)9)50(48)35-17-11-10-12-18-35;/h10-29,32-33H,1-9H3;/q-2;/i10D,11D,12D,17D,18D;. The van der Waals surface area contributed by atoms with E-state index in [9.17, 15) is 0 Å². The van der Waals surface area contributed by atoms with Gasteiger partial charge >= 0.3 is 0 Å². The third-order valence-electron chi connectivity index (χ3n) is 10.8. The molecule has 0 radical (unpaired) electrons. The SMILES string of the molecule is [2H]c1c([2H])c([2H])c(-c2c(-[n+]3[c-]n(-c4[c-]c(Oc5[c-]c6c(cc5)c5ccccc5n6-c5cc(C(C)(C)C)ccn5)cnc4)c4ccccc43)cc(C(C)(C)C)cc2C(C)(C)C)c([2H])c1[2H].[Pt]. The van der Waals surface area contributed by atoms with Crippen molar-refractivity contribution >= 4 is 32.8 Å². The van der Waals surface area contributed by atoms with E-state index < -0.39 is 11.5 Å². The zero-order valence-electron chi connectivity index (χ0n) is 40.3. The van der Waals surface area contributed by atoms with Crippen LogP contribution in [0.1, 0.15) is 85.9 Å². The molecule has 4 aromatic heterocycles. The molecule has 7 heteroatoms. The third-order valence-corrected chi connectivity index (χ3v) is 10.8. The molecule has 0 bridgehead atoms. The van der Waals surface area contributed by atoms with Crippen molar-refractivity contribution in [1.82, 2.24) is 19.1 Å². The van der Waals surface area contributed by atoms with E-state index in [-0.39, 0.29) is 61.6 Å². The Labute approximate surface area is 374 Å². The molecule has 0 spiro atoms. The normalized spacial score (nSPS) is 13.4. The number of hydrogen-bond acceptors (Lipinski definition) is 3. The minimum atomic E-state index is -0.488. The van der Waals surface area contributed by atoms with Crippen molar-refractivity contribution in [2.24, 2.45) is 0 Å². The molecule has 0 fully saturated rings. The fraction of sp³-hybridized carbons (Fsp3) is 0.226. The molecule has 0 unspecified atom stereocenters. The summed E-state index contributed by atoms with van der Waals surface area (Å²) in [6, 6.07) is 33.7. The van der Waals surface area contributed by atoms with E-state index in [0.29, 0.717) is 28.4 Å². The number of hydrogen-bond donors (Lipinski definition) is 0. The van der Waals surface area contributed by atoms with E-state index in [1.807, 2.05) is 63.9 Å². The molecule has 0 aliphatic carbocycles. The molecule has 0 amide bonds. The van der Waals surface area contributed by atoms with E-state index in [4.69, 9.17) is 16.6 Å². The molecule has 0 N–H and O–H groups in total. The summed E-state index contributed by atoms with van der Waals surface area (Å²) < 4.78 is 56.5. The van der Waals surface area contributed by atoms with Gasteiger partial charge in [0.1, 0.15) is 5.82 Å². The average molecular weight is 972 g/mol. The van der Waals surface area contributed by atoms with Crippen LogP contribution in [0.2, 0.25) is 0 Å². The molecule has 4 heterocycles. The van der Waals surface area contributed by atoms with Crippen LogP contribution in [0, 0.1) is 18.5 Å². The quantitative estimate of drug-likeness (QED) is 0.123. The van der Waals surface area contributed by atoms with Crippen molar-refractivity contribution in [2.75, 3.05) is 0 Å². The molecule has 60 heavy (non-hydrogen) atoms. The number of imidazole rings is 1. The van der Waals surface area contributed by atoms with Crippen LogP contribution in [0.3, 0.4) is 0 Å². The summed E-state index contributed by atoms with van der Waals surface area (Å²) in [5, 5.41) is 2.10. The van der Waals surface area contributed by atoms with Crippen LogP contribution in [0.25, 0.3) is 61.2 Å². The molecule has 9 rings (SSSR count). The second-order valence-corrected chi connectivity index (χ2v) is 18.2. The molecule has 0 saturated carbocycles. The van der Waals surface area contributed by atoms with Crippen molar-refractivity contribution in [3.63, 3.8) is 0 Å². The number of rotatable bonds is 6. The van der Waals surface area contributed by atoms with Gasteiger partial charge in [0.2, 0.25) is 0 Å². The van der Waals surface area contributed by atoms with Crippen LogP contribution in [-0.2, 0) is 37.3 Å². The minimum Gasteiger partial charge on any atom is -0.508 e. The van der Waals surface area contributed by atoms with E-state index >= 15 is 0 Å². The van der Waals surface area contributed by atoms with Gasteiger partial charge in [-0.15, -0.1) is 23.6 Å². The Balaban J connectivity index is 0.00000576. The van der Waals surface area contributed by atoms with Gasteiger partial charge in [0.15, 0.2) is 0 Å². The first-order valence-corrected chi connectivity index (χ1v) is 19.9. The van der Waals surface area contributed by atoms with Crippen LogP contribution in [-0.4, -0.2) is 19.1 Å².